The number of hydrogen-bond donors (Lipinski definition) is 1. The summed E-state index contributed by atoms with van der Waals surface area (Å²) in [6.07, 6.45) is 1.33. The highest BCUT2D eigenvalue weighted by molar-refractivity contribution is 6.30. The summed E-state index contributed by atoms with van der Waals surface area (Å²) >= 11 is 6.10. The molecule has 0 bridgehead atoms. The lowest BCUT2D eigenvalue weighted by Gasteiger charge is -2.20. The number of phenolic OH excluding ortho intramolecular Hbond substituents is 1. The Labute approximate surface area is 165 Å². The maximum atomic E-state index is 12.6. The van der Waals surface area contributed by atoms with Gasteiger partial charge in [0, 0.05) is 23.6 Å². The monoisotopic (exact) mass is 388 g/mol. The molecule has 0 saturated heterocycles. The molecule has 6 heteroatoms. The first-order valence-electron chi connectivity index (χ1n) is 9.11. The van der Waals surface area contributed by atoms with Gasteiger partial charge in [0.15, 0.2) is 11.5 Å². The first kappa shape index (κ1) is 19.5. The third kappa shape index (κ3) is 4.93. The van der Waals surface area contributed by atoms with Crippen molar-refractivity contribution in [2.45, 2.75) is 19.4 Å². The van der Waals surface area contributed by atoms with Crippen LogP contribution in [0, 0.1) is 0 Å². The van der Waals surface area contributed by atoms with Crippen molar-refractivity contribution in [2.24, 2.45) is 0 Å². The molecule has 144 valence electrons. The Morgan fingerprint density at radius 1 is 1.26 bits per heavy atom. The number of carbonyl (C=O) groups is 1. The van der Waals surface area contributed by atoms with Crippen molar-refractivity contribution < 1.29 is 14.6 Å². The predicted molar refractivity (Wildman–Crippen MR) is 107 cm³/mol. The molecule has 1 aliphatic heterocycles. The summed E-state index contributed by atoms with van der Waals surface area (Å²) in [7, 11) is 4.00. The Hall–Kier alpha value is -2.24. The second kappa shape index (κ2) is 8.63. The zero-order chi connectivity index (χ0) is 19.4. The number of hydrogen-bond acceptors (Lipinski definition) is 4. The standard InChI is InChI=1S/C21H25ClN2O3/c1-23(2)8-4-7-20(26)24-9-10-27-21-17(14-24)11-16(13-19(21)25)15-5-3-6-18(22)12-15/h3,5-6,11-13,25H,4,7-10,14H2,1-2H3. The molecule has 0 spiro atoms. The predicted octanol–water partition coefficient (Wildman–Crippen LogP) is 3.78. The smallest absolute Gasteiger partial charge is 0.223 e. The fraction of sp³-hybridized carbons (Fsp3) is 0.381. The topological polar surface area (TPSA) is 53.0 Å². The summed E-state index contributed by atoms with van der Waals surface area (Å²) in [6, 6.07) is 11.1. The molecule has 2 aromatic carbocycles. The number of benzene rings is 2. The van der Waals surface area contributed by atoms with Crippen LogP contribution in [0.4, 0.5) is 0 Å². The largest absolute Gasteiger partial charge is 0.504 e. The number of nitrogens with zero attached hydrogens (tertiary/aromatic N) is 2. The van der Waals surface area contributed by atoms with Crippen molar-refractivity contribution in [1.82, 2.24) is 9.80 Å². The lowest BCUT2D eigenvalue weighted by atomic mass is 10.0. The van der Waals surface area contributed by atoms with Crippen LogP contribution in [0.5, 0.6) is 11.5 Å². The Bertz CT molecular complexity index is 823. The van der Waals surface area contributed by atoms with E-state index in [0.717, 1.165) is 29.7 Å². The van der Waals surface area contributed by atoms with Crippen molar-refractivity contribution in [3.8, 4) is 22.6 Å². The first-order valence-corrected chi connectivity index (χ1v) is 9.49. The van der Waals surface area contributed by atoms with Crippen molar-refractivity contribution in [2.75, 3.05) is 33.8 Å². The van der Waals surface area contributed by atoms with E-state index in [-0.39, 0.29) is 11.7 Å². The SMILES string of the molecule is CN(C)CCCC(=O)N1CCOc2c(O)cc(-c3cccc(Cl)c3)cc2C1. The molecule has 3 rings (SSSR count). The molecule has 0 aromatic heterocycles. The molecule has 0 unspecified atom stereocenters. The number of aromatic hydroxyl groups is 1. The highest BCUT2D eigenvalue weighted by Gasteiger charge is 2.22. The van der Waals surface area contributed by atoms with Crippen LogP contribution in [0.25, 0.3) is 11.1 Å². The molecule has 1 heterocycles. The van der Waals surface area contributed by atoms with E-state index in [0.29, 0.717) is 36.9 Å². The van der Waals surface area contributed by atoms with Gasteiger partial charge in [0.2, 0.25) is 5.91 Å². The summed E-state index contributed by atoms with van der Waals surface area (Å²) in [5.74, 6) is 0.662. The summed E-state index contributed by atoms with van der Waals surface area (Å²) in [5, 5.41) is 11.1. The van der Waals surface area contributed by atoms with Crippen molar-refractivity contribution in [3.05, 3.63) is 47.0 Å². The lowest BCUT2D eigenvalue weighted by molar-refractivity contribution is -0.132. The second-order valence-electron chi connectivity index (χ2n) is 7.06. The fourth-order valence-electron chi connectivity index (χ4n) is 3.25. The van der Waals surface area contributed by atoms with Crippen LogP contribution in [-0.2, 0) is 11.3 Å². The molecule has 0 fully saturated rings. The summed E-state index contributed by atoms with van der Waals surface area (Å²) in [5.41, 5.74) is 2.57. The molecular formula is C21H25ClN2O3. The minimum atomic E-state index is 0.0874. The average Bonchev–Trinajstić information content (AvgIpc) is 2.84. The third-order valence-corrected chi connectivity index (χ3v) is 4.86. The fourth-order valence-corrected chi connectivity index (χ4v) is 3.44. The molecule has 0 saturated carbocycles. The van der Waals surface area contributed by atoms with Gasteiger partial charge in [-0.3, -0.25) is 4.79 Å². The van der Waals surface area contributed by atoms with Gasteiger partial charge in [0.05, 0.1) is 6.54 Å². The van der Waals surface area contributed by atoms with Crippen LogP contribution in [0.2, 0.25) is 5.02 Å². The molecule has 0 atom stereocenters. The molecule has 1 amide bonds. The summed E-state index contributed by atoms with van der Waals surface area (Å²) < 4.78 is 5.74. The highest BCUT2D eigenvalue weighted by Crippen LogP contribution is 2.38. The van der Waals surface area contributed by atoms with Crippen LogP contribution in [0.15, 0.2) is 36.4 Å². The molecule has 0 radical (unpaired) electrons. The van der Waals surface area contributed by atoms with Crippen LogP contribution in [0.3, 0.4) is 0 Å². The molecule has 1 aliphatic rings. The number of amides is 1. The van der Waals surface area contributed by atoms with Crippen LogP contribution >= 0.6 is 11.6 Å². The first-order chi connectivity index (χ1) is 12.9. The van der Waals surface area contributed by atoms with Gasteiger partial charge in [-0.25, -0.2) is 0 Å². The molecular weight excluding hydrogens is 364 g/mol. The quantitative estimate of drug-likeness (QED) is 0.847. The van der Waals surface area contributed by atoms with E-state index in [1.165, 1.54) is 0 Å². The minimum absolute atomic E-state index is 0.0874. The number of carbonyl (C=O) groups excluding carboxylic acids is 1. The van der Waals surface area contributed by atoms with Crippen molar-refractivity contribution in [3.63, 3.8) is 0 Å². The van der Waals surface area contributed by atoms with Gasteiger partial charge >= 0.3 is 0 Å². The van der Waals surface area contributed by atoms with E-state index in [2.05, 4.69) is 4.90 Å². The zero-order valence-electron chi connectivity index (χ0n) is 15.7. The van der Waals surface area contributed by atoms with Crippen molar-refractivity contribution >= 4 is 17.5 Å². The number of phenols is 1. The Morgan fingerprint density at radius 2 is 2.07 bits per heavy atom. The maximum absolute atomic E-state index is 12.6. The van der Waals surface area contributed by atoms with E-state index >= 15 is 0 Å². The second-order valence-corrected chi connectivity index (χ2v) is 7.50. The van der Waals surface area contributed by atoms with Crippen molar-refractivity contribution in [1.29, 1.82) is 0 Å². The Kier molecular flexibility index (Phi) is 6.24. The van der Waals surface area contributed by atoms with E-state index in [1.807, 2.05) is 49.3 Å². The van der Waals surface area contributed by atoms with Gasteiger partial charge in [-0.15, -0.1) is 0 Å². The maximum Gasteiger partial charge on any atom is 0.223 e. The third-order valence-electron chi connectivity index (χ3n) is 4.62. The molecule has 0 aliphatic carbocycles. The lowest BCUT2D eigenvalue weighted by Crippen LogP contribution is -2.32. The van der Waals surface area contributed by atoms with Gasteiger partial charge in [-0.2, -0.15) is 0 Å². The van der Waals surface area contributed by atoms with Crippen LogP contribution in [-0.4, -0.2) is 54.6 Å². The number of rotatable bonds is 5. The molecule has 2 aromatic rings. The highest BCUT2D eigenvalue weighted by atomic mass is 35.5. The number of halogens is 1. The van der Waals surface area contributed by atoms with Crippen LogP contribution < -0.4 is 4.74 Å². The van der Waals surface area contributed by atoms with Gasteiger partial charge in [-0.1, -0.05) is 23.7 Å². The summed E-state index contributed by atoms with van der Waals surface area (Å²) in [6.45, 7) is 2.20. The Morgan fingerprint density at radius 3 is 2.81 bits per heavy atom. The molecule has 27 heavy (non-hydrogen) atoms. The van der Waals surface area contributed by atoms with Gasteiger partial charge in [0.1, 0.15) is 6.61 Å². The van der Waals surface area contributed by atoms with Gasteiger partial charge < -0.3 is 19.6 Å². The normalized spacial score (nSPS) is 13.9. The molecule has 5 nitrogen and oxygen atoms in total. The number of fused-ring (bicyclic) bond motifs is 1. The van der Waals surface area contributed by atoms with Crippen LogP contribution in [0.1, 0.15) is 18.4 Å². The van der Waals surface area contributed by atoms with E-state index in [9.17, 15) is 9.90 Å². The van der Waals surface area contributed by atoms with E-state index in [4.69, 9.17) is 16.3 Å². The molecule has 1 N–H and O–H groups in total. The Balaban J connectivity index is 1.82. The zero-order valence-corrected chi connectivity index (χ0v) is 16.5. The average molecular weight is 389 g/mol. The van der Waals surface area contributed by atoms with Gasteiger partial charge in [0.25, 0.3) is 0 Å². The van der Waals surface area contributed by atoms with E-state index in [1.54, 1.807) is 6.07 Å². The van der Waals surface area contributed by atoms with Gasteiger partial charge in [-0.05, 0) is 62.5 Å². The minimum Gasteiger partial charge on any atom is -0.504 e. The number of ether oxygens (including phenoxy) is 1. The van der Waals surface area contributed by atoms with E-state index < -0.39 is 0 Å². The summed E-state index contributed by atoms with van der Waals surface area (Å²) in [4.78, 5) is 16.5.